The largest absolute Gasteiger partial charge is 0.497 e. The molecule has 0 atom stereocenters. The Labute approximate surface area is 168 Å². The number of nitrogens with one attached hydrogen (secondary N) is 1. The van der Waals surface area contributed by atoms with Gasteiger partial charge in [0.05, 0.1) is 20.1 Å². The lowest BCUT2D eigenvalue weighted by molar-refractivity contribution is -0.116. The quantitative estimate of drug-likeness (QED) is 0.487. The predicted molar refractivity (Wildman–Crippen MR) is 111 cm³/mol. The monoisotopic (exact) mass is 388 g/mol. The summed E-state index contributed by atoms with van der Waals surface area (Å²) in [5.41, 5.74) is 2.83. The molecule has 0 aliphatic heterocycles. The summed E-state index contributed by atoms with van der Waals surface area (Å²) < 4.78 is 16.6. The number of methoxy groups -OCH3 is 1. The van der Waals surface area contributed by atoms with E-state index >= 15 is 0 Å². The maximum absolute atomic E-state index is 12.2. The number of benzene rings is 3. The highest BCUT2D eigenvalue weighted by Gasteiger charge is 2.10. The molecule has 29 heavy (non-hydrogen) atoms. The summed E-state index contributed by atoms with van der Waals surface area (Å²) in [5, 5.41) is 2.86. The maximum atomic E-state index is 12.2. The number of hydrogen-bond acceptors (Lipinski definition) is 5. The van der Waals surface area contributed by atoms with E-state index in [1.54, 1.807) is 19.2 Å². The number of amides is 1. The van der Waals surface area contributed by atoms with Crippen molar-refractivity contribution in [2.24, 2.45) is 0 Å². The highest BCUT2D eigenvalue weighted by molar-refractivity contribution is 5.93. The van der Waals surface area contributed by atoms with Gasteiger partial charge in [-0.1, -0.05) is 18.2 Å². The second-order valence-corrected chi connectivity index (χ2v) is 6.39. The van der Waals surface area contributed by atoms with Crippen LogP contribution in [0, 0.1) is 0 Å². The summed E-state index contributed by atoms with van der Waals surface area (Å²) in [6.07, 6.45) is 0.250. The van der Waals surface area contributed by atoms with E-state index in [0.717, 1.165) is 22.6 Å². The molecule has 146 valence electrons. The number of para-hydroxylation sites is 1. The smallest absolute Gasteiger partial charge is 0.227 e. The van der Waals surface area contributed by atoms with E-state index in [2.05, 4.69) is 10.3 Å². The van der Waals surface area contributed by atoms with Gasteiger partial charge >= 0.3 is 0 Å². The van der Waals surface area contributed by atoms with E-state index in [1.165, 1.54) is 0 Å². The Kier molecular flexibility index (Phi) is 5.42. The summed E-state index contributed by atoms with van der Waals surface area (Å²) in [5.74, 6) is 1.90. The van der Waals surface area contributed by atoms with Crippen LogP contribution in [-0.2, 0) is 4.79 Å². The van der Waals surface area contributed by atoms with Crippen molar-refractivity contribution in [3.05, 3.63) is 72.8 Å². The lowest BCUT2D eigenvalue weighted by Gasteiger charge is -2.07. The van der Waals surface area contributed by atoms with Crippen molar-refractivity contribution < 1.29 is 18.7 Å². The van der Waals surface area contributed by atoms with Crippen LogP contribution >= 0.6 is 0 Å². The van der Waals surface area contributed by atoms with Crippen LogP contribution in [0.1, 0.15) is 6.42 Å². The van der Waals surface area contributed by atoms with Crippen molar-refractivity contribution in [2.75, 3.05) is 19.0 Å². The van der Waals surface area contributed by atoms with Crippen LogP contribution in [0.4, 0.5) is 5.69 Å². The molecule has 6 heteroatoms. The summed E-state index contributed by atoms with van der Waals surface area (Å²) in [7, 11) is 1.62. The van der Waals surface area contributed by atoms with Crippen LogP contribution in [0.5, 0.6) is 11.5 Å². The van der Waals surface area contributed by atoms with E-state index in [1.807, 2.05) is 60.7 Å². The standard InChI is InChI=1S/C23H20N2O4/c1-27-18-10-7-16(8-11-18)23-25-20-12-9-17(15-21(20)29-23)24-22(26)13-14-28-19-5-3-2-4-6-19/h2-12,15H,13-14H2,1H3,(H,24,26). The van der Waals surface area contributed by atoms with Crippen LogP contribution in [0.3, 0.4) is 0 Å². The number of hydrogen-bond donors (Lipinski definition) is 1. The molecule has 0 aliphatic rings. The molecule has 0 saturated heterocycles. The Morgan fingerprint density at radius 2 is 1.79 bits per heavy atom. The average Bonchev–Trinajstić information content (AvgIpc) is 3.18. The van der Waals surface area contributed by atoms with Gasteiger partial charge in [0.25, 0.3) is 0 Å². The molecule has 1 heterocycles. The number of aromatic nitrogens is 1. The zero-order chi connectivity index (χ0) is 20.1. The molecule has 4 aromatic rings. The summed E-state index contributed by atoms with van der Waals surface area (Å²) in [4.78, 5) is 16.7. The molecule has 0 aliphatic carbocycles. The number of carbonyl (C=O) groups excluding carboxylic acids is 1. The third-order valence-electron chi connectivity index (χ3n) is 4.35. The average molecular weight is 388 g/mol. The molecular weight excluding hydrogens is 368 g/mol. The van der Waals surface area contributed by atoms with Gasteiger partial charge in [0, 0.05) is 17.3 Å². The number of oxazole rings is 1. The molecule has 0 fully saturated rings. The van der Waals surface area contributed by atoms with E-state index in [4.69, 9.17) is 13.9 Å². The second-order valence-electron chi connectivity index (χ2n) is 6.39. The first-order valence-corrected chi connectivity index (χ1v) is 9.24. The van der Waals surface area contributed by atoms with Gasteiger partial charge < -0.3 is 19.2 Å². The van der Waals surface area contributed by atoms with E-state index in [0.29, 0.717) is 23.8 Å². The summed E-state index contributed by atoms with van der Waals surface area (Å²) in [6, 6.07) is 22.3. The van der Waals surface area contributed by atoms with Gasteiger partial charge in [-0.05, 0) is 48.5 Å². The number of carbonyl (C=O) groups is 1. The van der Waals surface area contributed by atoms with Gasteiger partial charge in [0.15, 0.2) is 5.58 Å². The van der Waals surface area contributed by atoms with E-state index in [9.17, 15) is 4.79 Å². The van der Waals surface area contributed by atoms with Crippen molar-refractivity contribution in [3.63, 3.8) is 0 Å². The molecule has 4 rings (SSSR count). The SMILES string of the molecule is COc1ccc(-c2nc3ccc(NC(=O)CCOc4ccccc4)cc3o2)cc1. The summed E-state index contributed by atoms with van der Waals surface area (Å²) in [6.45, 7) is 0.308. The zero-order valence-electron chi connectivity index (χ0n) is 15.9. The highest BCUT2D eigenvalue weighted by atomic mass is 16.5. The van der Waals surface area contributed by atoms with Crippen LogP contribution in [-0.4, -0.2) is 24.6 Å². The lowest BCUT2D eigenvalue weighted by Crippen LogP contribution is -2.15. The van der Waals surface area contributed by atoms with Crippen molar-refractivity contribution in [1.29, 1.82) is 0 Å². The number of ether oxygens (including phenoxy) is 2. The number of fused-ring (bicyclic) bond motifs is 1. The van der Waals surface area contributed by atoms with Gasteiger partial charge in [-0.15, -0.1) is 0 Å². The van der Waals surface area contributed by atoms with Gasteiger partial charge in [0.2, 0.25) is 11.8 Å². The zero-order valence-corrected chi connectivity index (χ0v) is 15.9. The first-order valence-electron chi connectivity index (χ1n) is 9.24. The third kappa shape index (κ3) is 4.55. The fourth-order valence-electron chi connectivity index (χ4n) is 2.86. The normalized spacial score (nSPS) is 10.7. The predicted octanol–water partition coefficient (Wildman–Crippen LogP) is 4.91. The molecule has 0 unspecified atom stereocenters. The fourth-order valence-corrected chi connectivity index (χ4v) is 2.86. The molecule has 0 bridgehead atoms. The molecule has 0 spiro atoms. The molecule has 1 aromatic heterocycles. The Morgan fingerprint density at radius 3 is 2.55 bits per heavy atom. The molecule has 6 nitrogen and oxygen atoms in total. The van der Waals surface area contributed by atoms with Crippen molar-refractivity contribution >= 4 is 22.7 Å². The van der Waals surface area contributed by atoms with E-state index in [-0.39, 0.29) is 12.3 Å². The molecule has 0 saturated carbocycles. The van der Waals surface area contributed by atoms with Crippen LogP contribution in [0.15, 0.2) is 77.2 Å². The molecule has 1 N–H and O–H groups in total. The van der Waals surface area contributed by atoms with Gasteiger partial charge in [0.1, 0.15) is 17.0 Å². The Hall–Kier alpha value is -3.80. The first-order chi connectivity index (χ1) is 14.2. The van der Waals surface area contributed by atoms with Crippen molar-refractivity contribution in [2.45, 2.75) is 6.42 Å². The number of rotatable bonds is 7. The molecule has 1 amide bonds. The molecular formula is C23H20N2O4. The fraction of sp³-hybridized carbons (Fsp3) is 0.130. The van der Waals surface area contributed by atoms with Gasteiger partial charge in [-0.25, -0.2) is 4.98 Å². The maximum Gasteiger partial charge on any atom is 0.227 e. The first kappa shape index (κ1) is 18.6. The number of anilines is 1. The Balaban J connectivity index is 1.39. The number of nitrogens with zero attached hydrogens (tertiary/aromatic N) is 1. The van der Waals surface area contributed by atoms with Gasteiger partial charge in [-0.2, -0.15) is 0 Å². The second kappa shape index (κ2) is 8.48. The summed E-state index contributed by atoms with van der Waals surface area (Å²) >= 11 is 0. The van der Waals surface area contributed by atoms with Crippen LogP contribution < -0.4 is 14.8 Å². The minimum Gasteiger partial charge on any atom is -0.497 e. The van der Waals surface area contributed by atoms with Crippen LogP contribution in [0.2, 0.25) is 0 Å². The topological polar surface area (TPSA) is 73.6 Å². The Morgan fingerprint density at radius 1 is 1.00 bits per heavy atom. The Bertz CT molecular complexity index is 1100. The van der Waals surface area contributed by atoms with Crippen LogP contribution in [0.25, 0.3) is 22.6 Å². The minimum absolute atomic E-state index is 0.129. The molecule has 3 aromatic carbocycles. The van der Waals surface area contributed by atoms with E-state index < -0.39 is 0 Å². The third-order valence-corrected chi connectivity index (χ3v) is 4.35. The van der Waals surface area contributed by atoms with Crippen molar-refractivity contribution in [1.82, 2.24) is 4.98 Å². The van der Waals surface area contributed by atoms with Gasteiger partial charge in [-0.3, -0.25) is 4.79 Å². The molecule has 0 radical (unpaired) electrons. The minimum atomic E-state index is -0.129. The van der Waals surface area contributed by atoms with Crippen molar-refractivity contribution in [3.8, 4) is 23.0 Å². The highest BCUT2D eigenvalue weighted by Crippen LogP contribution is 2.27. The lowest BCUT2D eigenvalue weighted by atomic mass is 10.2.